The Kier molecular flexibility index (Phi) is 5.48. The van der Waals surface area contributed by atoms with Crippen LogP contribution in [0.2, 0.25) is 0 Å². The first-order chi connectivity index (χ1) is 15.3. The second-order valence-electron chi connectivity index (χ2n) is 7.74. The normalized spacial score (nSPS) is 17.7. The van der Waals surface area contributed by atoms with Crippen LogP contribution in [-0.2, 0) is 16.1 Å². The average Bonchev–Trinajstić information content (AvgIpc) is 3.37. The Morgan fingerprint density at radius 3 is 2.53 bits per heavy atom. The third kappa shape index (κ3) is 3.62. The molecule has 0 radical (unpaired) electrons. The van der Waals surface area contributed by atoms with Crippen molar-refractivity contribution < 1.29 is 29.0 Å². The zero-order valence-electron chi connectivity index (χ0n) is 18.0. The second-order valence-corrected chi connectivity index (χ2v) is 7.74. The van der Waals surface area contributed by atoms with Crippen LogP contribution in [0.4, 0.5) is 0 Å². The SMILES string of the molecule is COc1cc(C)c(/C(O)=C2\C(=O)C(=O)N(Cc3ccco3)C2c2cccc(O)c2)cc1C. The van der Waals surface area contributed by atoms with E-state index in [1.807, 2.05) is 6.92 Å². The van der Waals surface area contributed by atoms with Gasteiger partial charge in [0.25, 0.3) is 11.7 Å². The van der Waals surface area contributed by atoms with E-state index >= 15 is 0 Å². The van der Waals surface area contributed by atoms with E-state index in [0.717, 1.165) is 5.56 Å². The molecule has 4 rings (SSSR count). The monoisotopic (exact) mass is 433 g/mol. The molecule has 3 aromatic rings. The zero-order chi connectivity index (χ0) is 23.0. The fourth-order valence-corrected chi connectivity index (χ4v) is 4.06. The van der Waals surface area contributed by atoms with Crippen LogP contribution in [0.5, 0.6) is 11.5 Å². The van der Waals surface area contributed by atoms with Crippen molar-refractivity contribution in [1.29, 1.82) is 0 Å². The molecule has 164 valence electrons. The van der Waals surface area contributed by atoms with Crippen molar-refractivity contribution in [3.63, 3.8) is 0 Å². The Balaban J connectivity index is 1.91. The quantitative estimate of drug-likeness (QED) is 0.355. The van der Waals surface area contributed by atoms with Crippen molar-refractivity contribution in [3.05, 3.63) is 88.4 Å². The number of ketones is 1. The van der Waals surface area contributed by atoms with Crippen LogP contribution < -0.4 is 4.74 Å². The lowest BCUT2D eigenvalue weighted by Gasteiger charge is -2.25. The lowest BCUT2D eigenvalue weighted by molar-refractivity contribution is -0.140. The van der Waals surface area contributed by atoms with Crippen LogP contribution in [-0.4, -0.2) is 33.9 Å². The van der Waals surface area contributed by atoms with Crippen LogP contribution in [0.3, 0.4) is 0 Å². The van der Waals surface area contributed by atoms with Gasteiger partial charge >= 0.3 is 0 Å². The molecule has 2 aromatic carbocycles. The van der Waals surface area contributed by atoms with E-state index in [1.54, 1.807) is 50.4 Å². The maximum Gasteiger partial charge on any atom is 0.296 e. The number of aromatic hydroxyl groups is 1. The number of ether oxygens (including phenoxy) is 1. The van der Waals surface area contributed by atoms with Gasteiger partial charge in [-0.15, -0.1) is 0 Å². The summed E-state index contributed by atoms with van der Waals surface area (Å²) in [5.74, 6) is -0.686. The van der Waals surface area contributed by atoms with Gasteiger partial charge in [0, 0.05) is 5.56 Å². The number of methoxy groups -OCH3 is 1. The van der Waals surface area contributed by atoms with Gasteiger partial charge < -0.3 is 24.3 Å². The molecule has 1 unspecified atom stereocenters. The summed E-state index contributed by atoms with van der Waals surface area (Å²) in [6.07, 6.45) is 1.48. The minimum atomic E-state index is -0.894. The molecule has 0 aliphatic carbocycles. The number of phenolic OH excluding ortho intramolecular Hbond substituents is 1. The van der Waals surface area contributed by atoms with Crippen molar-refractivity contribution in [1.82, 2.24) is 4.90 Å². The topological polar surface area (TPSA) is 100 Å². The van der Waals surface area contributed by atoms with Crippen molar-refractivity contribution in [2.75, 3.05) is 7.11 Å². The number of aliphatic hydroxyl groups excluding tert-OH is 1. The minimum absolute atomic E-state index is 0.0115. The standard InChI is InChI=1S/C25H23NO6/c1-14-11-20(31-3)15(2)10-19(14)23(28)21-22(16-6-4-7-17(27)12-16)26(25(30)24(21)29)13-18-8-5-9-32-18/h4-12,22,27-28H,13H2,1-3H3/b23-21+. The lowest BCUT2D eigenvalue weighted by Crippen LogP contribution is -2.29. The van der Waals surface area contributed by atoms with Gasteiger partial charge in [-0.1, -0.05) is 12.1 Å². The number of aliphatic hydroxyl groups is 1. The Morgan fingerprint density at radius 1 is 1.09 bits per heavy atom. The Labute approximate surface area is 185 Å². The summed E-state index contributed by atoms with van der Waals surface area (Å²) in [5.41, 5.74) is 2.36. The molecule has 7 nitrogen and oxygen atoms in total. The molecule has 0 bridgehead atoms. The number of rotatable bonds is 5. The summed E-state index contributed by atoms with van der Waals surface area (Å²) in [7, 11) is 1.56. The molecule has 1 saturated heterocycles. The van der Waals surface area contributed by atoms with Crippen molar-refractivity contribution in [3.8, 4) is 11.5 Å². The molecule has 1 amide bonds. The van der Waals surface area contributed by atoms with Gasteiger partial charge in [-0.05, 0) is 66.9 Å². The molecule has 2 N–H and O–H groups in total. The van der Waals surface area contributed by atoms with E-state index in [9.17, 15) is 19.8 Å². The lowest BCUT2D eigenvalue weighted by atomic mass is 9.93. The molecule has 7 heteroatoms. The molecule has 1 atom stereocenters. The first kappa shape index (κ1) is 21.2. The highest BCUT2D eigenvalue weighted by Crippen LogP contribution is 2.42. The highest BCUT2D eigenvalue weighted by atomic mass is 16.5. The third-order valence-electron chi connectivity index (χ3n) is 5.63. The largest absolute Gasteiger partial charge is 0.508 e. The molecule has 1 aromatic heterocycles. The third-order valence-corrected chi connectivity index (χ3v) is 5.63. The minimum Gasteiger partial charge on any atom is -0.508 e. The number of Topliss-reactive ketones (excluding diaryl/α,β-unsaturated/α-hetero) is 1. The summed E-state index contributed by atoms with van der Waals surface area (Å²) < 4.78 is 10.7. The van der Waals surface area contributed by atoms with Gasteiger partial charge in [0.1, 0.15) is 23.0 Å². The number of aryl methyl sites for hydroxylation is 2. The highest BCUT2D eigenvalue weighted by molar-refractivity contribution is 6.46. The summed E-state index contributed by atoms with van der Waals surface area (Å²) in [4.78, 5) is 27.5. The van der Waals surface area contributed by atoms with Crippen molar-refractivity contribution in [2.24, 2.45) is 0 Å². The second kappa shape index (κ2) is 8.26. The zero-order valence-corrected chi connectivity index (χ0v) is 18.0. The Hall–Kier alpha value is -4.00. The van der Waals surface area contributed by atoms with Gasteiger partial charge in [-0.2, -0.15) is 0 Å². The van der Waals surface area contributed by atoms with E-state index in [1.165, 1.54) is 23.3 Å². The first-order valence-electron chi connectivity index (χ1n) is 10.1. The number of amides is 1. The smallest absolute Gasteiger partial charge is 0.296 e. The maximum absolute atomic E-state index is 13.1. The number of hydrogen-bond acceptors (Lipinski definition) is 6. The van der Waals surface area contributed by atoms with Crippen molar-refractivity contribution >= 4 is 17.4 Å². The van der Waals surface area contributed by atoms with Gasteiger partial charge in [-0.3, -0.25) is 9.59 Å². The van der Waals surface area contributed by atoms with Crippen LogP contribution in [0.15, 0.2) is 64.8 Å². The maximum atomic E-state index is 13.1. The van der Waals surface area contributed by atoms with E-state index in [2.05, 4.69) is 0 Å². The number of carbonyl (C=O) groups excluding carboxylic acids is 2. The summed E-state index contributed by atoms with van der Waals surface area (Å²) in [6, 6.07) is 12.3. The van der Waals surface area contributed by atoms with Gasteiger partial charge in [0.15, 0.2) is 0 Å². The molecule has 32 heavy (non-hydrogen) atoms. The molecule has 1 fully saturated rings. The predicted octanol–water partition coefficient (Wildman–Crippen LogP) is 4.23. The Bertz CT molecular complexity index is 1230. The summed E-state index contributed by atoms with van der Waals surface area (Å²) in [6.45, 7) is 3.66. The fraction of sp³-hybridized carbons (Fsp3) is 0.200. The summed E-state index contributed by atoms with van der Waals surface area (Å²) in [5, 5.41) is 21.3. The van der Waals surface area contributed by atoms with E-state index in [4.69, 9.17) is 9.15 Å². The van der Waals surface area contributed by atoms with Gasteiger partial charge in [-0.25, -0.2) is 0 Å². The number of benzene rings is 2. The summed E-state index contributed by atoms with van der Waals surface area (Å²) >= 11 is 0. The van der Waals surface area contributed by atoms with Gasteiger partial charge in [0.2, 0.25) is 0 Å². The highest BCUT2D eigenvalue weighted by Gasteiger charge is 2.46. The van der Waals surface area contributed by atoms with Crippen LogP contribution in [0.1, 0.15) is 34.1 Å². The van der Waals surface area contributed by atoms with Gasteiger partial charge in [0.05, 0.1) is 31.5 Å². The average molecular weight is 433 g/mol. The molecule has 1 aliphatic heterocycles. The fourth-order valence-electron chi connectivity index (χ4n) is 4.06. The molecule has 0 spiro atoms. The number of phenols is 1. The number of likely N-dealkylation sites (tertiary alicyclic amines) is 1. The van der Waals surface area contributed by atoms with Crippen LogP contribution >= 0.6 is 0 Å². The first-order valence-corrected chi connectivity index (χ1v) is 10.1. The predicted molar refractivity (Wildman–Crippen MR) is 117 cm³/mol. The van der Waals surface area contributed by atoms with Crippen LogP contribution in [0, 0.1) is 13.8 Å². The van der Waals surface area contributed by atoms with Crippen LogP contribution in [0.25, 0.3) is 5.76 Å². The molecular formula is C25H23NO6. The molecule has 2 heterocycles. The van der Waals surface area contributed by atoms with Crippen molar-refractivity contribution in [2.45, 2.75) is 26.4 Å². The Morgan fingerprint density at radius 2 is 1.88 bits per heavy atom. The molecular weight excluding hydrogens is 410 g/mol. The number of hydrogen-bond donors (Lipinski definition) is 2. The number of furan rings is 1. The van der Waals surface area contributed by atoms with E-state index < -0.39 is 17.7 Å². The number of nitrogens with zero attached hydrogens (tertiary/aromatic N) is 1. The molecule has 0 saturated carbocycles. The number of carbonyl (C=O) groups is 2. The molecule has 1 aliphatic rings. The van der Waals surface area contributed by atoms with E-state index in [0.29, 0.717) is 28.2 Å². The van der Waals surface area contributed by atoms with E-state index in [-0.39, 0.29) is 23.6 Å².